The van der Waals surface area contributed by atoms with Gasteiger partial charge in [0, 0.05) is 67.7 Å². The minimum atomic E-state index is -4.37. The van der Waals surface area contributed by atoms with E-state index >= 15 is 0 Å². The third-order valence-corrected chi connectivity index (χ3v) is 14.7. The van der Waals surface area contributed by atoms with Gasteiger partial charge in [0.2, 0.25) is 17.4 Å². The number of aromatic hydroxyl groups is 1. The van der Waals surface area contributed by atoms with Crippen LogP contribution in [0.1, 0.15) is 72.6 Å². The molecule has 0 saturated carbocycles. The van der Waals surface area contributed by atoms with E-state index in [4.69, 9.17) is 61.9 Å². The van der Waals surface area contributed by atoms with E-state index in [1.54, 1.807) is 90.1 Å². The molecule has 0 aromatic heterocycles. The minimum Gasteiger partial charge on any atom is -0.507 e. The summed E-state index contributed by atoms with van der Waals surface area (Å²) in [7, 11) is -7.76. The summed E-state index contributed by atoms with van der Waals surface area (Å²) in [5.74, 6) is -2.87. The molecule has 27 nitrogen and oxygen atoms in total. The van der Waals surface area contributed by atoms with Crippen molar-refractivity contribution in [1.82, 2.24) is 19.2 Å². The number of benzene rings is 3. The quantitative estimate of drug-likeness (QED) is 0.122. The molecule has 0 spiro atoms. The molecule has 0 aliphatic carbocycles. The Morgan fingerprint density at radius 1 is 0.608 bits per heavy atom. The molecule has 4 atom stereocenters. The molecule has 29 heteroatoms. The Hall–Kier alpha value is -5.67. The smallest absolute Gasteiger partial charge is 0.349 e. The van der Waals surface area contributed by atoms with Gasteiger partial charge in [0.05, 0.1) is 90.2 Å². The summed E-state index contributed by atoms with van der Waals surface area (Å²) in [5, 5.41) is 24.4. The number of hydrogen-bond acceptors (Lipinski definition) is 24. The molecule has 8 heterocycles. The van der Waals surface area contributed by atoms with Crippen LogP contribution in [0, 0.1) is 0 Å². The number of esters is 3. The highest BCUT2D eigenvalue weighted by Crippen LogP contribution is 2.39. The van der Waals surface area contributed by atoms with Crippen molar-refractivity contribution in [1.29, 1.82) is 0 Å². The average Bonchev–Trinajstić information content (AvgIpc) is 3.72. The van der Waals surface area contributed by atoms with Crippen molar-refractivity contribution in [2.45, 2.75) is 83.1 Å². The van der Waals surface area contributed by atoms with E-state index in [9.17, 15) is 40.9 Å². The lowest BCUT2D eigenvalue weighted by Gasteiger charge is -2.34. The summed E-state index contributed by atoms with van der Waals surface area (Å²) in [5.41, 5.74) is 0.567. The fourth-order valence-corrected chi connectivity index (χ4v) is 10.6. The second-order valence-corrected chi connectivity index (χ2v) is 22.7. The number of carbonyl (C=O) groups excluding carboxylic acids is 3. The summed E-state index contributed by atoms with van der Waals surface area (Å²) in [6.45, 7) is 16.7. The van der Waals surface area contributed by atoms with Crippen molar-refractivity contribution in [3.63, 3.8) is 0 Å². The highest BCUT2D eigenvalue weighted by Gasteiger charge is 2.42. The molecule has 5 N–H and O–H groups in total. The van der Waals surface area contributed by atoms with E-state index in [1.807, 2.05) is 0 Å². The minimum absolute atomic E-state index is 0.0269. The molecule has 79 heavy (non-hydrogen) atoms. The van der Waals surface area contributed by atoms with E-state index < -0.39 is 61.9 Å². The number of ether oxygens (including phenoxy) is 12. The molecule has 8 aliphatic rings. The predicted octanol–water partition coefficient (Wildman–Crippen LogP) is 1.80. The molecular formula is C50H68N4O23S2. The topological polar surface area (TPSA) is 331 Å². The zero-order valence-electron chi connectivity index (χ0n) is 44.5. The van der Waals surface area contributed by atoms with Crippen molar-refractivity contribution >= 4 is 38.5 Å². The molecule has 0 amide bonds. The van der Waals surface area contributed by atoms with Crippen LogP contribution in [0.3, 0.4) is 0 Å². The first-order valence-corrected chi connectivity index (χ1v) is 28.0. The van der Waals surface area contributed by atoms with Crippen LogP contribution in [-0.4, -0.2) is 205 Å². The Morgan fingerprint density at radius 3 is 1.57 bits per heavy atom. The molecule has 0 unspecified atom stereocenters. The van der Waals surface area contributed by atoms with Crippen LogP contribution in [0.2, 0.25) is 0 Å². The van der Waals surface area contributed by atoms with Crippen molar-refractivity contribution in [3.05, 3.63) is 71.3 Å². The van der Waals surface area contributed by atoms with Gasteiger partial charge >= 0.3 is 38.5 Å². The maximum atomic E-state index is 12.2. The monoisotopic (exact) mass is 1160 g/mol. The number of aliphatic hydroxyl groups excluding tert-OH is 1. The number of phenolic OH excluding ortho intramolecular Hbond substituents is 1. The summed E-state index contributed by atoms with van der Waals surface area (Å²) in [6.07, 6.45) is 0. The number of aliphatic hydroxyl groups is 1. The molecule has 8 aliphatic heterocycles. The molecule has 11 rings (SSSR count). The number of morpholine rings is 4. The SMILES string of the molecule is CC1(C)OC(=O)c2c(O)cccc2O1.CC1(C)OC(=O)c2c(OC[C@@H]3COCCN3)cccc2O1.CC1(C)OC(=O)c2c(OC[C@@H]3COCCN3S(=O)(=O)O)cccc2O1.O=S1(=O)OC[C@@H]2COCCN21.OC[C@@H]1COCCN1. The van der Waals surface area contributed by atoms with Gasteiger partial charge in [-0.15, -0.1) is 0 Å². The van der Waals surface area contributed by atoms with E-state index in [-0.39, 0.29) is 80.3 Å². The number of nitrogens with zero attached hydrogens (tertiary/aromatic N) is 2. The molecule has 438 valence electrons. The third-order valence-electron chi connectivity index (χ3n) is 12.1. The molecule has 0 radical (unpaired) electrons. The van der Waals surface area contributed by atoms with Gasteiger partial charge in [0.15, 0.2) is 0 Å². The fourth-order valence-electron chi connectivity index (χ4n) is 8.54. The van der Waals surface area contributed by atoms with Gasteiger partial charge in [0.25, 0.3) is 0 Å². The maximum Gasteiger partial charge on any atom is 0.349 e. The first kappa shape index (κ1) is 61.0. The standard InChI is InChI=1S/C15H19NO8S.C15H19NO5.C10H10O4.C5H9NO4S.C5H11NO2/c1-15(2)23-12-5-3-4-11(13(12)14(17)24-15)22-9-10-8-21-7-6-16(10)25(18,19)20;1-15(2)20-12-5-3-4-11(13(12)14(17)21-15)19-9-10-8-18-7-6-16-10;1-10(2)13-7-5-3-4-6(11)8(7)9(12)14-10;7-11(8)6-1-2-9-3-5(6)4-10-11;7-3-5-4-8-2-1-6-5/h3-5,10H,6-9H2,1-2H3,(H,18,19,20);3-5,10,16H,6-9H2,1-2H3;3-5,11H,1-2H3;5H,1-4H2;5-7H,1-4H2/t2*10-;;2*5-/m00.01/s1. The van der Waals surface area contributed by atoms with E-state index in [1.165, 1.54) is 10.4 Å². The average molecular weight is 1160 g/mol. The Balaban J connectivity index is 0.000000150. The van der Waals surface area contributed by atoms with Crippen molar-refractivity contribution in [2.24, 2.45) is 0 Å². The summed E-state index contributed by atoms with van der Waals surface area (Å²) in [6, 6.07) is 14.3. The number of nitrogens with one attached hydrogen (secondary N) is 2. The molecule has 0 bridgehead atoms. The lowest BCUT2D eigenvalue weighted by Crippen LogP contribution is -2.51. The molecule has 3 aromatic carbocycles. The molecule has 5 fully saturated rings. The van der Waals surface area contributed by atoms with E-state index in [0.29, 0.717) is 74.7 Å². The fraction of sp³-hybridized carbons (Fsp3) is 0.580. The Bertz CT molecular complexity index is 2820. The first-order chi connectivity index (χ1) is 37.3. The second kappa shape index (κ2) is 26.3. The lowest BCUT2D eigenvalue weighted by atomic mass is 10.1. The number of rotatable bonds is 8. The van der Waals surface area contributed by atoms with Crippen LogP contribution in [0.25, 0.3) is 0 Å². The van der Waals surface area contributed by atoms with Crippen molar-refractivity contribution < 1.29 is 107 Å². The van der Waals surface area contributed by atoms with Gasteiger partial charge in [-0.25, -0.2) is 14.4 Å². The summed E-state index contributed by atoms with van der Waals surface area (Å²) < 4.78 is 125. The second-order valence-electron chi connectivity index (χ2n) is 19.7. The lowest BCUT2D eigenvalue weighted by molar-refractivity contribution is -0.128. The van der Waals surface area contributed by atoms with Crippen LogP contribution >= 0.6 is 0 Å². The Morgan fingerprint density at radius 2 is 1.08 bits per heavy atom. The van der Waals surface area contributed by atoms with Gasteiger partial charge in [0.1, 0.15) is 64.4 Å². The van der Waals surface area contributed by atoms with Gasteiger partial charge < -0.3 is 77.7 Å². The van der Waals surface area contributed by atoms with Crippen LogP contribution < -0.4 is 34.3 Å². The van der Waals surface area contributed by atoms with Crippen LogP contribution in [0.15, 0.2) is 54.6 Å². The Labute approximate surface area is 457 Å². The van der Waals surface area contributed by atoms with Gasteiger partial charge in [-0.2, -0.15) is 25.4 Å². The molecule has 3 aromatic rings. The molecule has 5 saturated heterocycles. The van der Waals surface area contributed by atoms with E-state index in [2.05, 4.69) is 14.8 Å². The normalized spacial score (nSPS) is 25.1. The van der Waals surface area contributed by atoms with Crippen molar-refractivity contribution in [2.75, 3.05) is 105 Å². The molecular weight excluding hydrogens is 1090 g/mol. The van der Waals surface area contributed by atoms with Crippen LogP contribution in [-0.2, 0) is 57.9 Å². The van der Waals surface area contributed by atoms with Crippen molar-refractivity contribution in [3.8, 4) is 34.5 Å². The third kappa shape index (κ3) is 16.7. The van der Waals surface area contributed by atoms with Gasteiger partial charge in [-0.05, 0) is 36.4 Å². The number of carbonyl (C=O) groups is 3. The predicted molar refractivity (Wildman–Crippen MR) is 274 cm³/mol. The van der Waals surface area contributed by atoms with E-state index in [0.717, 1.165) is 24.0 Å². The highest BCUT2D eigenvalue weighted by molar-refractivity contribution is 7.84. The number of fused-ring (bicyclic) bond motifs is 4. The first-order valence-electron chi connectivity index (χ1n) is 25.2. The summed E-state index contributed by atoms with van der Waals surface area (Å²) in [4.78, 5) is 35.9. The largest absolute Gasteiger partial charge is 0.507 e. The zero-order valence-corrected chi connectivity index (χ0v) is 46.2. The van der Waals surface area contributed by atoms with Crippen LogP contribution in [0.5, 0.6) is 34.5 Å². The number of phenols is 1. The number of cyclic esters (lactones) is 3. The maximum absolute atomic E-state index is 12.2. The van der Waals surface area contributed by atoms with Gasteiger partial charge in [-0.3, -0.25) is 8.74 Å². The zero-order chi connectivity index (χ0) is 57.2. The number of hydrogen-bond donors (Lipinski definition) is 5. The Kier molecular flexibility index (Phi) is 20.3. The summed E-state index contributed by atoms with van der Waals surface area (Å²) >= 11 is 0. The highest BCUT2D eigenvalue weighted by atomic mass is 32.2. The van der Waals surface area contributed by atoms with Gasteiger partial charge in [-0.1, -0.05) is 18.2 Å². The van der Waals surface area contributed by atoms with Crippen LogP contribution in [0.4, 0.5) is 0 Å².